The monoisotopic (exact) mass is 383 g/mol. The zero-order chi connectivity index (χ0) is 17.3. The van der Waals surface area contributed by atoms with Crippen molar-refractivity contribution in [1.29, 1.82) is 0 Å². The van der Waals surface area contributed by atoms with Gasteiger partial charge in [0.1, 0.15) is 0 Å². The van der Waals surface area contributed by atoms with Crippen LogP contribution in [0.15, 0.2) is 0 Å². The van der Waals surface area contributed by atoms with Gasteiger partial charge in [0.25, 0.3) is 0 Å². The highest BCUT2D eigenvalue weighted by Gasteiger charge is 2.62. The van der Waals surface area contributed by atoms with Crippen LogP contribution in [0.5, 0.6) is 0 Å². The third-order valence-corrected chi connectivity index (χ3v) is 9.76. The summed E-state index contributed by atoms with van der Waals surface area (Å²) in [5.41, 5.74) is -12.3. The van der Waals surface area contributed by atoms with Crippen LogP contribution in [0, 0.1) is 0 Å². The smallest absolute Gasteiger partial charge is 0.201 e. The maximum absolute atomic E-state index is 12.4. The number of nitrogens with zero attached hydrogens (tertiary/aromatic N) is 1. The SMILES string of the molecule is CCCCP(C)N(S(=O)(=O)C(F)(F)F)S(=O)(=O)C(F)(F)F. The summed E-state index contributed by atoms with van der Waals surface area (Å²) in [6.45, 7) is 2.29. The van der Waals surface area contributed by atoms with Crippen LogP contribution in [0.2, 0.25) is 0 Å². The van der Waals surface area contributed by atoms with E-state index >= 15 is 0 Å². The van der Waals surface area contributed by atoms with Crippen LogP contribution in [0.25, 0.3) is 0 Å². The van der Waals surface area contributed by atoms with E-state index in [0.29, 0.717) is 6.42 Å². The third kappa shape index (κ3) is 4.42. The Morgan fingerprint density at radius 2 is 1.24 bits per heavy atom. The average Bonchev–Trinajstić information content (AvgIpc) is 2.22. The van der Waals surface area contributed by atoms with Gasteiger partial charge in [-0.25, -0.2) is 16.8 Å². The molecule has 0 saturated heterocycles. The van der Waals surface area contributed by atoms with Gasteiger partial charge >= 0.3 is 31.1 Å². The molecule has 1 atom stereocenters. The van der Waals surface area contributed by atoms with Crippen molar-refractivity contribution in [2.45, 2.75) is 30.8 Å². The maximum atomic E-state index is 12.4. The Hall–Kier alpha value is -0.130. The number of rotatable bonds is 6. The van der Waals surface area contributed by atoms with E-state index < -0.39 is 48.8 Å². The van der Waals surface area contributed by atoms with Gasteiger partial charge in [-0.2, -0.15) is 26.3 Å². The van der Waals surface area contributed by atoms with Gasteiger partial charge < -0.3 is 0 Å². The highest BCUT2D eigenvalue weighted by molar-refractivity contribution is 8.11. The Morgan fingerprint density at radius 3 is 1.48 bits per heavy atom. The van der Waals surface area contributed by atoms with Gasteiger partial charge in [0.2, 0.25) is 0 Å². The number of halogens is 6. The summed E-state index contributed by atoms with van der Waals surface area (Å²) >= 11 is 0. The summed E-state index contributed by atoms with van der Waals surface area (Å²) in [6, 6.07) is 0. The van der Waals surface area contributed by atoms with Crippen LogP contribution in [0.3, 0.4) is 0 Å². The second-order valence-electron chi connectivity index (χ2n) is 3.81. The Balaban J connectivity index is 6.09. The molecular formula is C7H12F6NO4PS2. The first kappa shape index (κ1) is 20.9. The predicted molar refractivity (Wildman–Crippen MR) is 64.4 cm³/mol. The van der Waals surface area contributed by atoms with Crippen molar-refractivity contribution in [3.05, 3.63) is 0 Å². The standard InChI is InChI=1S/C7H12F6NO4PS2/c1-3-4-5-19(2)14(20(15,16)6(8,9)10)21(17,18)7(11,12)13/h3-5H2,1-2H3. The molecule has 0 bridgehead atoms. The van der Waals surface area contributed by atoms with Crippen molar-refractivity contribution in [2.24, 2.45) is 0 Å². The van der Waals surface area contributed by atoms with Crippen molar-refractivity contribution >= 4 is 28.1 Å². The van der Waals surface area contributed by atoms with Crippen molar-refractivity contribution < 1.29 is 43.2 Å². The van der Waals surface area contributed by atoms with Crippen molar-refractivity contribution in [2.75, 3.05) is 12.8 Å². The highest BCUT2D eigenvalue weighted by Crippen LogP contribution is 2.49. The molecule has 0 heterocycles. The lowest BCUT2D eigenvalue weighted by Gasteiger charge is -2.28. The highest BCUT2D eigenvalue weighted by atomic mass is 32.3. The largest absolute Gasteiger partial charge is 0.512 e. The summed E-state index contributed by atoms with van der Waals surface area (Å²) < 4.78 is 118. The van der Waals surface area contributed by atoms with E-state index in [1.165, 1.54) is 0 Å². The minimum atomic E-state index is -6.65. The topological polar surface area (TPSA) is 71.5 Å². The Labute approximate surface area is 119 Å². The molecule has 0 aromatic rings. The van der Waals surface area contributed by atoms with Gasteiger partial charge in [-0.15, -0.1) is 0 Å². The quantitative estimate of drug-likeness (QED) is 0.522. The number of hydrogen-bond donors (Lipinski definition) is 0. The first-order chi connectivity index (χ1) is 9.10. The molecule has 0 aromatic heterocycles. The van der Waals surface area contributed by atoms with Crippen LogP contribution in [-0.4, -0.2) is 44.2 Å². The molecule has 5 nitrogen and oxygen atoms in total. The second-order valence-corrected chi connectivity index (χ2v) is 10.3. The molecule has 21 heavy (non-hydrogen) atoms. The fourth-order valence-corrected chi connectivity index (χ4v) is 7.96. The zero-order valence-corrected chi connectivity index (χ0v) is 13.3. The molecule has 0 spiro atoms. The summed E-state index contributed by atoms with van der Waals surface area (Å²) in [4.78, 5) is 0. The summed E-state index contributed by atoms with van der Waals surface area (Å²) in [7, 11) is -16.0. The average molecular weight is 383 g/mol. The molecule has 0 radical (unpaired) electrons. The lowest BCUT2D eigenvalue weighted by Crippen LogP contribution is -2.46. The van der Waals surface area contributed by atoms with Gasteiger partial charge in [0, 0.05) is 0 Å². The van der Waals surface area contributed by atoms with Gasteiger partial charge in [0.15, 0.2) is 0 Å². The summed E-state index contributed by atoms with van der Waals surface area (Å²) in [5, 5.41) is 0. The van der Waals surface area contributed by atoms with Gasteiger partial charge in [0.05, 0.1) is 0 Å². The Kier molecular flexibility index (Phi) is 6.51. The second kappa shape index (κ2) is 6.55. The van der Waals surface area contributed by atoms with E-state index in [0.717, 1.165) is 6.66 Å². The van der Waals surface area contributed by atoms with Crippen LogP contribution < -0.4 is 0 Å². The molecule has 1 unspecified atom stereocenters. The first-order valence-electron chi connectivity index (χ1n) is 5.24. The summed E-state index contributed by atoms with van der Waals surface area (Å²) in [5.74, 6) is 0. The molecule has 0 rings (SSSR count). The molecule has 0 aliphatic heterocycles. The molecule has 0 aliphatic carbocycles. The number of sulfonamides is 2. The molecule has 0 aromatic carbocycles. The normalized spacial score (nSPS) is 16.2. The van der Waals surface area contributed by atoms with Crippen LogP contribution >= 0.6 is 8.07 Å². The van der Waals surface area contributed by atoms with E-state index in [2.05, 4.69) is 0 Å². The van der Waals surface area contributed by atoms with E-state index in [1.807, 2.05) is 0 Å². The van der Waals surface area contributed by atoms with Crippen molar-refractivity contribution in [3.63, 3.8) is 0 Å². The molecule has 0 saturated carbocycles. The van der Waals surface area contributed by atoms with Gasteiger partial charge in [-0.05, 0) is 27.3 Å². The molecule has 14 heteroatoms. The molecule has 0 fully saturated rings. The van der Waals surface area contributed by atoms with Crippen LogP contribution in [0.4, 0.5) is 26.3 Å². The molecule has 0 amide bonds. The number of hydrogen-bond acceptors (Lipinski definition) is 4. The fraction of sp³-hybridized carbons (Fsp3) is 1.00. The molecule has 0 N–H and O–H groups in total. The van der Waals surface area contributed by atoms with Crippen LogP contribution in [0.1, 0.15) is 19.8 Å². The Morgan fingerprint density at radius 1 is 0.905 bits per heavy atom. The number of unbranched alkanes of at least 4 members (excludes halogenated alkanes) is 1. The zero-order valence-electron chi connectivity index (χ0n) is 10.7. The predicted octanol–water partition coefficient (Wildman–Crippen LogP) is 2.81. The molecule has 128 valence electrons. The van der Waals surface area contributed by atoms with Gasteiger partial charge in [-0.1, -0.05) is 16.8 Å². The van der Waals surface area contributed by atoms with Crippen LogP contribution in [-0.2, 0) is 20.0 Å². The number of alkyl halides is 6. The molecular weight excluding hydrogens is 371 g/mol. The Bertz CT molecular complexity index is 511. The maximum Gasteiger partial charge on any atom is 0.512 e. The lowest BCUT2D eigenvalue weighted by atomic mass is 10.4. The minimum absolute atomic E-state index is 0.0828. The first-order valence-corrected chi connectivity index (χ1v) is 10.1. The third-order valence-electron chi connectivity index (χ3n) is 2.11. The lowest BCUT2D eigenvalue weighted by molar-refractivity contribution is -0.0505. The van der Waals surface area contributed by atoms with E-state index in [4.69, 9.17) is 0 Å². The van der Waals surface area contributed by atoms with Gasteiger partial charge in [-0.3, -0.25) is 0 Å². The minimum Gasteiger partial charge on any atom is -0.201 e. The van der Waals surface area contributed by atoms with Crippen molar-refractivity contribution in [1.82, 2.24) is 3.48 Å². The fourth-order valence-electron chi connectivity index (χ4n) is 1.14. The van der Waals surface area contributed by atoms with Crippen molar-refractivity contribution in [3.8, 4) is 0 Å². The summed E-state index contributed by atoms with van der Waals surface area (Å²) in [6.07, 6.45) is 0.0224. The van der Waals surface area contributed by atoms with E-state index in [-0.39, 0.29) is 6.42 Å². The van der Waals surface area contributed by atoms with E-state index in [1.54, 1.807) is 6.92 Å². The van der Waals surface area contributed by atoms with E-state index in [9.17, 15) is 43.2 Å². The molecule has 0 aliphatic rings.